The molecule has 0 radical (unpaired) electrons. The monoisotopic (exact) mass is 2020 g/mol. The maximum atomic E-state index is 11.8. The molecule has 3 saturated carbocycles. The van der Waals surface area contributed by atoms with Crippen LogP contribution in [0.3, 0.4) is 0 Å². The van der Waals surface area contributed by atoms with Crippen molar-refractivity contribution in [3.05, 3.63) is 502 Å². The smallest absolute Gasteiger partial charge is 0.211 e. The Balaban J connectivity index is 0.000000146. The average Bonchev–Trinajstić information content (AvgIpc) is 1.09. The summed E-state index contributed by atoms with van der Waals surface area (Å²) in [5, 5.41) is 15.4. The molecule has 1 unspecified atom stereocenters. The predicted octanol–water partition coefficient (Wildman–Crippen LogP) is 33.2. The molecule has 5 fully saturated rings. The van der Waals surface area contributed by atoms with Gasteiger partial charge >= 0.3 is 0 Å². The Labute approximate surface area is 874 Å². The zero-order valence-corrected chi connectivity index (χ0v) is 88.8. The number of hydrogen-bond acceptors (Lipinski definition) is 7. The van der Waals surface area contributed by atoms with Crippen LogP contribution >= 0.6 is 10.8 Å². The van der Waals surface area contributed by atoms with Gasteiger partial charge in [-0.1, -0.05) is 401 Å². The summed E-state index contributed by atoms with van der Waals surface area (Å²) in [7, 11) is -0.502. The van der Waals surface area contributed by atoms with Gasteiger partial charge in [-0.25, -0.2) is 0 Å². The van der Waals surface area contributed by atoms with Crippen molar-refractivity contribution in [2.24, 2.45) is 11.8 Å². The van der Waals surface area contributed by atoms with Crippen LogP contribution in [-0.4, -0.2) is 64.8 Å². The fourth-order valence-electron chi connectivity index (χ4n) is 17.2. The summed E-state index contributed by atoms with van der Waals surface area (Å²) >= 11 is 0. The minimum absolute atomic E-state index is 0.0146. The van der Waals surface area contributed by atoms with E-state index in [9.17, 15) is 10.1 Å². The zero-order valence-electron chi connectivity index (χ0n) is 83.1. The maximum Gasteiger partial charge on any atom is 0.211 e. The predicted molar refractivity (Wildman–Crippen MR) is 612 cm³/mol. The highest BCUT2D eigenvalue weighted by Gasteiger charge is 2.34. The Morgan fingerprint density at radius 2 is 0.517 bits per heavy atom. The topological polar surface area (TPSA) is 91.3 Å². The fourth-order valence-corrected chi connectivity index (χ4v) is 29.9. The van der Waals surface area contributed by atoms with E-state index < -0.39 is 10.8 Å². The van der Waals surface area contributed by atoms with Gasteiger partial charge in [0, 0.05) is 5.56 Å². The van der Waals surface area contributed by atoms with Crippen molar-refractivity contribution in [1.29, 1.82) is 0 Å². The van der Waals surface area contributed by atoms with Gasteiger partial charge < -0.3 is 14.5 Å². The van der Waals surface area contributed by atoms with Gasteiger partial charge in [-0.15, -0.1) is 4.99 Å². The van der Waals surface area contributed by atoms with Gasteiger partial charge in [0.05, 0.1) is 80.8 Å². The molecule has 0 amide bonds. The number of carbonyl (C=O) groups excluding carboxylic acids is 1. The lowest BCUT2D eigenvalue weighted by Gasteiger charge is -2.24. The fraction of sp³-hybridized carbons (Fsp3) is 0.225. The summed E-state index contributed by atoms with van der Waals surface area (Å²) in [5.41, 5.74) is 2.42. The zero-order chi connectivity index (χ0) is 99.4. The first-order valence-electron chi connectivity index (χ1n) is 50.5. The molecule has 14 heteroatoms. The molecular formula is C129H142NO6S7+5. The molecule has 3 aliphatic carbocycles. The van der Waals surface area contributed by atoms with Gasteiger partial charge in [0.25, 0.3) is 0 Å². The van der Waals surface area contributed by atoms with Crippen molar-refractivity contribution in [2.45, 2.75) is 202 Å². The van der Waals surface area contributed by atoms with E-state index in [1.165, 1.54) is 210 Å². The third-order valence-electron chi connectivity index (χ3n) is 24.5. The number of benzene rings is 16. The van der Waals surface area contributed by atoms with Crippen LogP contribution in [0, 0.1) is 11.8 Å². The average molecular weight is 2030 g/mol. The second-order valence-electron chi connectivity index (χ2n) is 35.2. The molecule has 0 spiro atoms. The van der Waals surface area contributed by atoms with Gasteiger partial charge in [-0.3, -0.25) is 9.83 Å². The Bertz CT molecular complexity index is 5090. The van der Waals surface area contributed by atoms with E-state index >= 15 is 0 Å². The minimum atomic E-state index is -0.809. The van der Waals surface area contributed by atoms with Gasteiger partial charge in [-0.2, -0.15) is 5.06 Å². The molecule has 0 aromatic heterocycles. The van der Waals surface area contributed by atoms with E-state index in [0.29, 0.717) is 43.0 Å². The summed E-state index contributed by atoms with van der Waals surface area (Å²) in [6, 6.07) is 170. The molecule has 21 rings (SSSR count). The summed E-state index contributed by atoms with van der Waals surface area (Å²) in [4.78, 5) is 36.5. The molecule has 7 nitrogen and oxygen atoms in total. The van der Waals surface area contributed by atoms with Crippen molar-refractivity contribution in [3.8, 4) is 0 Å². The van der Waals surface area contributed by atoms with E-state index in [1.54, 1.807) is 0 Å². The van der Waals surface area contributed by atoms with Gasteiger partial charge in [0.15, 0.2) is 79.2 Å². The lowest BCUT2D eigenvalue weighted by Crippen LogP contribution is -2.37. The van der Waals surface area contributed by atoms with E-state index in [4.69, 9.17) is 9.29 Å². The molecule has 16 aromatic carbocycles. The highest BCUT2D eigenvalue weighted by molar-refractivity contribution is 8.11. The van der Waals surface area contributed by atoms with Crippen LogP contribution in [-0.2, 0) is 80.1 Å². The molecular weight excluding hydrogens is 1880 g/mol. The molecule has 1 N–H and O–H groups in total. The Hall–Kier alpha value is -11.0. The molecule has 143 heavy (non-hydrogen) atoms. The number of Topliss-reactive ketones (excluding diaryl/α,β-unsaturated/α-hetero) is 1. The standard InChI is InChI=1S/C24H25S.4C18H15S.C12H15OS.2C7H14.C4H9NO4.C3H6OS/c1-4-10-20(11-5-1)21-16-18-24(19-17-21)25(22-12-6-2-7-13-22)23-14-8-3-9-15-23;4*1-4-10-16(11-5-1)19(17-12-6-2-7-13-17)18-14-8-3-9-15-18;13-12(10-14-8-4-5-9-14)11-6-2-1-3-7-11;2*1-7-5-3-2-4-6-7;6-9-8-5-1-3-7-4-2-5;1-3-5(2)4/h2-3,6-9,12-20H,1,4-5,10-11H2;4*1-15H;1-3,6-7H,4-5,8-10H2;2*7H,2-6H2,1H3;6H,1-4H2;3-4H,1-2H2/q6*+1;;;;/p-1. The van der Waals surface area contributed by atoms with Gasteiger partial charge in [0.2, 0.25) is 5.78 Å². The Morgan fingerprint density at radius 3 is 0.706 bits per heavy atom. The lowest BCUT2D eigenvalue weighted by atomic mass is 9.84. The first-order chi connectivity index (χ1) is 70.6. The van der Waals surface area contributed by atoms with Crippen LogP contribution in [0.25, 0.3) is 0 Å². The van der Waals surface area contributed by atoms with E-state index in [0.717, 1.165) is 29.1 Å². The third kappa shape index (κ3) is 39.5. The first-order valence-corrected chi connectivity index (χ1v) is 59.7. The summed E-state index contributed by atoms with van der Waals surface area (Å²) < 4.78 is 13.1. The molecule has 2 saturated heterocycles. The van der Waals surface area contributed by atoms with Crippen LogP contribution in [0.2, 0.25) is 0 Å². The SMILES string of the molecule is C=CS(=C)O.CC1CCCCC1.CC1CCCCC1.O=C(C[S+]1CCCC1)c1ccccc1.[O-]OON1CCOCC1.c1ccc([S+](c2ccccc2)c2ccc(C3CCCCC3)cc2)cc1.c1ccc([S+](c2ccccc2)c2ccccc2)cc1.c1ccc([S+](c2ccccc2)c2ccccc2)cc1.c1ccc([S+](c2ccccc2)c2ccccc2)cc1.c1ccc([S+](c2ccccc2)c2ccccc2)cc1. The quantitative estimate of drug-likeness (QED) is 0.0238. The molecule has 2 aliphatic heterocycles. The second-order valence-corrected chi connectivity index (χ2v) is 48.8. The molecule has 5 aliphatic rings. The van der Waals surface area contributed by atoms with Crippen molar-refractivity contribution < 1.29 is 29.4 Å². The third-order valence-corrected chi connectivity index (χ3v) is 38.5. The molecule has 2 heterocycles. The number of ketones is 1. The largest absolute Gasteiger partial charge is 0.690 e. The Morgan fingerprint density at radius 1 is 0.322 bits per heavy atom. The van der Waals surface area contributed by atoms with E-state index in [2.05, 4.69) is 485 Å². The molecule has 16 aromatic rings. The van der Waals surface area contributed by atoms with Crippen molar-refractivity contribution in [3.63, 3.8) is 0 Å². The minimum Gasteiger partial charge on any atom is -0.690 e. The number of hydroxylamine groups is 2. The summed E-state index contributed by atoms with van der Waals surface area (Å²) in [5.74, 6) is 9.73. The number of hydrogen-bond donors (Lipinski definition) is 1. The molecule has 1 atom stereocenters. The van der Waals surface area contributed by atoms with Crippen molar-refractivity contribution in [1.82, 2.24) is 5.06 Å². The van der Waals surface area contributed by atoms with E-state index in [-0.39, 0.29) is 54.5 Å². The highest BCUT2D eigenvalue weighted by atomic mass is 32.2. The second kappa shape index (κ2) is 66.1. The van der Waals surface area contributed by atoms with Crippen molar-refractivity contribution >= 4 is 87.8 Å². The number of nitrogens with zero attached hydrogens (tertiary/aromatic N) is 1. The van der Waals surface area contributed by atoms with Gasteiger partial charge in [-0.05, 0) is 264 Å². The van der Waals surface area contributed by atoms with Crippen LogP contribution in [0.1, 0.15) is 145 Å². The number of ether oxygens (including phenoxy) is 1. The first kappa shape index (κ1) is 111. The Kier molecular flexibility index (Phi) is 51.2. The van der Waals surface area contributed by atoms with Crippen LogP contribution < -0.4 is 5.26 Å². The number of morpholine rings is 1. The molecule has 736 valence electrons. The number of rotatable bonds is 22. The molecule has 0 bridgehead atoms. The number of carbonyl (C=O) groups is 1. The highest BCUT2D eigenvalue weighted by Crippen LogP contribution is 2.39. The van der Waals surface area contributed by atoms with Crippen LogP contribution in [0.15, 0.2) is 565 Å². The maximum absolute atomic E-state index is 11.8. The summed E-state index contributed by atoms with van der Waals surface area (Å²) in [6.07, 6.45) is 24.5. The van der Waals surface area contributed by atoms with Gasteiger partial charge in [0.1, 0.15) is 11.5 Å². The van der Waals surface area contributed by atoms with E-state index in [1.807, 2.05) is 30.3 Å². The normalized spacial score (nSPS) is 14.4. The summed E-state index contributed by atoms with van der Waals surface area (Å²) in [6.45, 7) is 10.3. The lowest BCUT2D eigenvalue weighted by molar-refractivity contribution is -0.827. The van der Waals surface area contributed by atoms with Crippen LogP contribution in [0.5, 0.6) is 0 Å². The van der Waals surface area contributed by atoms with Crippen LogP contribution in [0.4, 0.5) is 0 Å². The van der Waals surface area contributed by atoms with Crippen molar-refractivity contribution in [2.75, 3.05) is 43.6 Å².